The number of nitrogens with one attached hydrogen (secondary N) is 1. The lowest BCUT2D eigenvalue weighted by atomic mass is 9.74. The Balaban J connectivity index is 1.77. The SMILES string of the molecule is Cc1ccc(C)c(C(C)N2CCCC3(CCCNC3)C2)c1. The molecule has 2 heterocycles. The van der Waals surface area contributed by atoms with Crippen LogP contribution in [-0.4, -0.2) is 31.1 Å². The van der Waals surface area contributed by atoms with E-state index in [4.69, 9.17) is 0 Å². The summed E-state index contributed by atoms with van der Waals surface area (Å²) in [5.74, 6) is 0. The molecule has 2 nitrogen and oxygen atoms in total. The molecule has 0 radical (unpaired) electrons. The molecule has 0 bridgehead atoms. The second kappa shape index (κ2) is 6.10. The molecule has 0 saturated carbocycles. The molecule has 2 aliphatic heterocycles. The zero-order valence-corrected chi connectivity index (χ0v) is 13.9. The Morgan fingerprint density at radius 3 is 2.76 bits per heavy atom. The number of hydrogen-bond acceptors (Lipinski definition) is 2. The highest BCUT2D eigenvalue weighted by Crippen LogP contribution is 2.39. The van der Waals surface area contributed by atoms with Gasteiger partial charge in [0.25, 0.3) is 0 Å². The molecule has 2 fully saturated rings. The minimum Gasteiger partial charge on any atom is -0.316 e. The van der Waals surface area contributed by atoms with Gasteiger partial charge in [0, 0.05) is 19.1 Å². The summed E-state index contributed by atoms with van der Waals surface area (Å²) < 4.78 is 0. The van der Waals surface area contributed by atoms with E-state index >= 15 is 0 Å². The Morgan fingerprint density at radius 1 is 1.19 bits per heavy atom. The van der Waals surface area contributed by atoms with Crippen LogP contribution in [0.25, 0.3) is 0 Å². The van der Waals surface area contributed by atoms with Crippen molar-refractivity contribution in [3.05, 3.63) is 34.9 Å². The van der Waals surface area contributed by atoms with Crippen LogP contribution in [-0.2, 0) is 0 Å². The van der Waals surface area contributed by atoms with Gasteiger partial charge in [-0.1, -0.05) is 23.8 Å². The highest BCUT2D eigenvalue weighted by Gasteiger charge is 2.38. The van der Waals surface area contributed by atoms with E-state index in [1.54, 1.807) is 0 Å². The molecule has 0 aliphatic carbocycles. The maximum atomic E-state index is 3.64. The molecule has 2 heteroatoms. The van der Waals surface area contributed by atoms with Crippen LogP contribution in [0.4, 0.5) is 0 Å². The Hall–Kier alpha value is -0.860. The molecule has 1 spiro atoms. The van der Waals surface area contributed by atoms with Gasteiger partial charge in [-0.2, -0.15) is 0 Å². The number of benzene rings is 1. The second-order valence-corrected chi connectivity index (χ2v) is 7.39. The fourth-order valence-corrected chi connectivity index (χ4v) is 4.36. The van der Waals surface area contributed by atoms with E-state index in [9.17, 15) is 0 Å². The van der Waals surface area contributed by atoms with Crippen LogP contribution in [0.2, 0.25) is 0 Å². The molecule has 0 amide bonds. The molecule has 21 heavy (non-hydrogen) atoms. The van der Waals surface area contributed by atoms with Gasteiger partial charge in [-0.05, 0) is 76.1 Å². The van der Waals surface area contributed by atoms with Crippen molar-refractivity contribution in [2.24, 2.45) is 5.41 Å². The van der Waals surface area contributed by atoms with Crippen molar-refractivity contribution in [2.45, 2.75) is 52.5 Å². The van der Waals surface area contributed by atoms with Gasteiger partial charge in [-0.25, -0.2) is 0 Å². The monoisotopic (exact) mass is 286 g/mol. The van der Waals surface area contributed by atoms with Crippen LogP contribution in [0.5, 0.6) is 0 Å². The van der Waals surface area contributed by atoms with Crippen molar-refractivity contribution in [2.75, 3.05) is 26.2 Å². The lowest BCUT2D eigenvalue weighted by Crippen LogP contribution is -2.51. The number of hydrogen-bond donors (Lipinski definition) is 1. The van der Waals surface area contributed by atoms with Gasteiger partial charge in [-0.15, -0.1) is 0 Å². The average Bonchev–Trinajstić information content (AvgIpc) is 2.50. The van der Waals surface area contributed by atoms with Gasteiger partial charge in [0.15, 0.2) is 0 Å². The molecule has 2 unspecified atom stereocenters. The van der Waals surface area contributed by atoms with E-state index in [1.807, 2.05) is 0 Å². The van der Waals surface area contributed by atoms with Crippen molar-refractivity contribution in [1.82, 2.24) is 10.2 Å². The van der Waals surface area contributed by atoms with E-state index in [0.717, 1.165) is 0 Å². The van der Waals surface area contributed by atoms with E-state index < -0.39 is 0 Å². The molecule has 0 aromatic heterocycles. The summed E-state index contributed by atoms with van der Waals surface area (Å²) in [6, 6.07) is 7.45. The summed E-state index contributed by atoms with van der Waals surface area (Å²) in [7, 11) is 0. The predicted molar refractivity (Wildman–Crippen MR) is 89.7 cm³/mol. The summed E-state index contributed by atoms with van der Waals surface area (Å²) in [4.78, 5) is 2.73. The Morgan fingerprint density at radius 2 is 2.00 bits per heavy atom. The maximum Gasteiger partial charge on any atom is 0.0322 e. The molecule has 3 rings (SSSR count). The zero-order valence-electron chi connectivity index (χ0n) is 13.9. The van der Waals surface area contributed by atoms with Crippen molar-refractivity contribution in [1.29, 1.82) is 0 Å². The first-order valence-corrected chi connectivity index (χ1v) is 8.62. The molecular formula is C19H30N2. The minimum absolute atomic E-state index is 0.544. The Kier molecular flexibility index (Phi) is 4.37. The molecule has 2 atom stereocenters. The molecule has 1 N–H and O–H groups in total. The van der Waals surface area contributed by atoms with Gasteiger partial charge in [0.1, 0.15) is 0 Å². The van der Waals surface area contributed by atoms with E-state index in [0.29, 0.717) is 11.5 Å². The number of piperidine rings is 2. The van der Waals surface area contributed by atoms with Crippen LogP contribution in [0.15, 0.2) is 18.2 Å². The van der Waals surface area contributed by atoms with Gasteiger partial charge in [0.05, 0.1) is 0 Å². The highest BCUT2D eigenvalue weighted by molar-refractivity contribution is 5.32. The van der Waals surface area contributed by atoms with E-state index in [-0.39, 0.29) is 0 Å². The second-order valence-electron chi connectivity index (χ2n) is 7.39. The van der Waals surface area contributed by atoms with Gasteiger partial charge in [-0.3, -0.25) is 4.90 Å². The van der Waals surface area contributed by atoms with Crippen LogP contribution in [0.1, 0.15) is 55.3 Å². The topological polar surface area (TPSA) is 15.3 Å². The van der Waals surface area contributed by atoms with Crippen LogP contribution < -0.4 is 5.32 Å². The fourth-order valence-electron chi connectivity index (χ4n) is 4.36. The van der Waals surface area contributed by atoms with Crippen LogP contribution >= 0.6 is 0 Å². The third-order valence-electron chi connectivity index (χ3n) is 5.68. The molecule has 1 aromatic rings. The lowest BCUT2D eigenvalue weighted by Gasteiger charge is -2.47. The van der Waals surface area contributed by atoms with Crippen molar-refractivity contribution < 1.29 is 0 Å². The van der Waals surface area contributed by atoms with Crippen LogP contribution in [0, 0.1) is 19.3 Å². The van der Waals surface area contributed by atoms with Crippen molar-refractivity contribution >= 4 is 0 Å². The summed E-state index contributed by atoms with van der Waals surface area (Å²) in [6.07, 6.45) is 5.54. The molecule has 2 aliphatic rings. The largest absolute Gasteiger partial charge is 0.316 e. The maximum absolute atomic E-state index is 3.64. The summed E-state index contributed by atoms with van der Waals surface area (Å²) in [5, 5.41) is 3.64. The van der Waals surface area contributed by atoms with Gasteiger partial charge >= 0.3 is 0 Å². The number of nitrogens with zero attached hydrogens (tertiary/aromatic N) is 1. The molecular weight excluding hydrogens is 256 g/mol. The Bertz CT molecular complexity index is 483. The average molecular weight is 286 g/mol. The minimum atomic E-state index is 0.544. The Labute approximate surface area is 129 Å². The zero-order chi connectivity index (χ0) is 14.9. The summed E-state index contributed by atoms with van der Waals surface area (Å²) in [6.45, 7) is 11.8. The quantitative estimate of drug-likeness (QED) is 0.889. The van der Waals surface area contributed by atoms with Crippen molar-refractivity contribution in [3.8, 4) is 0 Å². The highest BCUT2D eigenvalue weighted by atomic mass is 15.2. The smallest absolute Gasteiger partial charge is 0.0322 e. The molecule has 116 valence electrons. The number of aryl methyl sites for hydroxylation is 2. The predicted octanol–water partition coefficient (Wildman–Crippen LogP) is 3.83. The molecule has 1 aromatic carbocycles. The third-order valence-corrected chi connectivity index (χ3v) is 5.68. The lowest BCUT2D eigenvalue weighted by molar-refractivity contribution is 0.0414. The molecule has 2 saturated heterocycles. The third kappa shape index (κ3) is 3.17. The standard InChI is InChI=1S/C19H30N2/c1-15-6-7-16(2)18(12-15)17(3)21-11-5-9-19(14-21)8-4-10-20-13-19/h6-7,12,17,20H,4-5,8-11,13-14H2,1-3H3. The van der Waals surface area contributed by atoms with Crippen LogP contribution in [0.3, 0.4) is 0 Å². The van der Waals surface area contributed by atoms with E-state index in [1.165, 1.54) is 68.6 Å². The normalized spacial score (nSPS) is 28.7. The van der Waals surface area contributed by atoms with Gasteiger partial charge < -0.3 is 5.32 Å². The fraction of sp³-hybridized carbons (Fsp3) is 0.684. The summed E-state index contributed by atoms with van der Waals surface area (Å²) >= 11 is 0. The first kappa shape index (κ1) is 15.1. The van der Waals surface area contributed by atoms with Crippen molar-refractivity contribution in [3.63, 3.8) is 0 Å². The number of rotatable bonds is 2. The first-order chi connectivity index (χ1) is 10.1. The summed E-state index contributed by atoms with van der Waals surface area (Å²) in [5.41, 5.74) is 4.89. The first-order valence-electron chi connectivity index (χ1n) is 8.62. The van der Waals surface area contributed by atoms with Gasteiger partial charge in [0.2, 0.25) is 0 Å². The number of likely N-dealkylation sites (tertiary alicyclic amines) is 1. The van der Waals surface area contributed by atoms with E-state index in [2.05, 4.69) is 49.2 Å².